The van der Waals surface area contributed by atoms with Gasteiger partial charge in [0.25, 0.3) is 0 Å². The van der Waals surface area contributed by atoms with Crippen molar-refractivity contribution in [1.29, 1.82) is 0 Å². The predicted molar refractivity (Wildman–Crippen MR) is 77.7 cm³/mol. The molecule has 20 heavy (non-hydrogen) atoms. The summed E-state index contributed by atoms with van der Waals surface area (Å²) in [6.07, 6.45) is 2.62. The quantitative estimate of drug-likeness (QED) is 0.907. The van der Waals surface area contributed by atoms with E-state index in [2.05, 4.69) is 23.7 Å². The third-order valence-electron chi connectivity index (χ3n) is 3.94. The second-order valence-electron chi connectivity index (χ2n) is 6.12. The van der Waals surface area contributed by atoms with Crippen molar-refractivity contribution >= 4 is 22.4 Å². The fraction of sp³-hybridized carbons (Fsp3) is 0.714. The number of carboxylic acid groups (broad SMARTS) is 1. The normalized spacial score (nSPS) is 25.3. The summed E-state index contributed by atoms with van der Waals surface area (Å²) in [6, 6.07) is 0. The number of fused-ring (bicyclic) bond motifs is 1. The first kappa shape index (κ1) is 13.8. The van der Waals surface area contributed by atoms with Crippen molar-refractivity contribution in [3.63, 3.8) is 0 Å². The second kappa shape index (κ2) is 5.00. The molecule has 0 bridgehead atoms. The number of hydrogen-bond donors (Lipinski definition) is 1. The number of ether oxygens (including phenoxy) is 1. The number of aryl methyl sites for hydroxylation is 1. The number of nitrogens with zero attached hydrogens (tertiary/aromatic N) is 2. The molecule has 0 saturated carbocycles. The van der Waals surface area contributed by atoms with Gasteiger partial charge in [-0.1, -0.05) is 0 Å². The lowest BCUT2D eigenvalue weighted by Gasteiger charge is -2.38. The van der Waals surface area contributed by atoms with Crippen LogP contribution in [0.3, 0.4) is 0 Å². The van der Waals surface area contributed by atoms with Crippen LogP contribution in [0.1, 0.15) is 43.2 Å². The second-order valence-corrected chi connectivity index (χ2v) is 7.18. The fourth-order valence-electron chi connectivity index (χ4n) is 2.96. The molecule has 1 aromatic rings. The molecule has 0 radical (unpaired) electrons. The highest BCUT2D eigenvalue weighted by atomic mass is 32.1. The van der Waals surface area contributed by atoms with Gasteiger partial charge in [0.1, 0.15) is 5.92 Å². The number of thiazole rings is 1. The maximum absolute atomic E-state index is 11.3. The van der Waals surface area contributed by atoms with Crippen LogP contribution in [-0.4, -0.2) is 41.4 Å². The number of anilines is 1. The molecule has 0 spiro atoms. The molecule has 1 fully saturated rings. The first-order valence-corrected chi connectivity index (χ1v) is 7.89. The molecule has 1 saturated heterocycles. The zero-order valence-electron chi connectivity index (χ0n) is 11.9. The molecular weight excluding hydrogens is 276 g/mol. The highest BCUT2D eigenvalue weighted by molar-refractivity contribution is 7.15. The first-order chi connectivity index (χ1) is 9.46. The number of carbonyl (C=O) groups is 1. The number of rotatable bonds is 2. The summed E-state index contributed by atoms with van der Waals surface area (Å²) in [7, 11) is 0. The molecule has 1 aliphatic heterocycles. The highest BCUT2D eigenvalue weighted by Gasteiger charge is 2.33. The Morgan fingerprint density at radius 3 is 3.05 bits per heavy atom. The van der Waals surface area contributed by atoms with Gasteiger partial charge in [-0.15, -0.1) is 11.3 Å². The molecule has 2 heterocycles. The molecule has 0 amide bonds. The highest BCUT2D eigenvalue weighted by Crippen LogP contribution is 2.38. The maximum atomic E-state index is 11.3. The molecule has 1 aromatic heterocycles. The van der Waals surface area contributed by atoms with Crippen molar-refractivity contribution in [1.82, 2.24) is 4.98 Å². The van der Waals surface area contributed by atoms with E-state index in [0.717, 1.165) is 41.6 Å². The largest absolute Gasteiger partial charge is 0.481 e. The van der Waals surface area contributed by atoms with E-state index in [4.69, 9.17) is 4.74 Å². The van der Waals surface area contributed by atoms with E-state index in [1.807, 2.05) is 0 Å². The average Bonchev–Trinajstić information content (AvgIpc) is 2.80. The molecule has 110 valence electrons. The van der Waals surface area contributed by atoms with Gasteiger partial charge in [-0.25, -0.2) is 4.98 Å². The smallest absolute Gasteiger partial charge is 0.312 e. The summed E-state index contributed by atoms with van der Waals surface area (Å²) in [5, 5.41) is 10.3. The van der Waals surface area contributed by atoms with Crippen molar-refractivity contribution in [3.8, 4) is 0 Å². The number of morpholine rings is 1. The van der Waals surface area contributed by atoms with Gasteiger partial charge < -0.3 is 14.7 Å². The van der Waals surface area contributed by atoms with Crippen LogP contribution in [0.2, 0.25) is 0 Å². The van der Waals surface area contributed by atoms with Crippen LogP contribution in [-0.2, 0) is 16.0 Å². The summed E-state index contributed by atoms with van der Waals surface area (Å²) < 4.78 is 5.72. The topological polar surface area (TPSA) is 62.7 Å². The van der Waals surface area contributed by atoms with E-state index >= 15 is 0 Å². The van der Waals surface area contributed by atoms with Crippen LogP contribution in [0.5, 0.6) is 0 Å². The van der Waals surface area contributed by atoms with E-state index < -0.39 is 11.9 Å². The third-order valence-corrected chi connectivity index (χ3v) is 5.13. The minimum atomic E-state index is -0.745. The van der Waals surface area contributed by atoms with Crippen LogP contribution >= 0.6 is 11.3 Å². The Labute approximate surface area is 122 Å². The van der Waals surface area contributed by atoms with Gasteiger partial charge in [0.15, 0.2) is 5.13 Å². The maximum Gasteiger partial charge on any atom is 0.312 e. The summed E-state index contributed by atoms with van der Waals surface area (Å²) in [4.78, 5) is 19.4. The van der Waals surface area contributed by atoms with Crippen LogP contribution in [0, 0.1) is 0 Å². The minimum absolute atomic E-state index is 0.170. The van der Waals surface area contributed by atoms with Crippen LogP contribution in [0.25, 0.3) is 0 Å². The molecule has 2 aliphatic rings. The van der Waals surface area contributed by atoms with Gasteiger partial charge in [0, 0.05) is 18.0 Å². The Morgan fingerprint density at radius 2 is 2.35 bits per heavy atom. The lowest BCUT2D eigenvalue weighted by atomic mass is 9.91. The van der Waals surface area contributed by atoms with Crippen molar-refractivity contribution < 1.29 is 14.6 Å². The van der Waals surface area contributed by atoms with E-state index in [1.54, 1.807) is 11.3 Å². The van der Waals surface area contributed by atoms with Crippen molar-refractivity contribution in [2.45, 2.75) is 44.6 Å². The molecule has 3 rings (SSSR count). The number of aliphatic carboxylic acids is 1. The molecule has 5 nitrogen and oxygen atoms in total. The van der Waals surface area contributed by atoms with Crippen molar-refractivity contribution in [2.75, 3.05) is 24.6 Å². The Balaban J connectivity index is 1.87. The van der Waals surface area contributed by atoms with E-state index in [0.29, 0.717) is 13.0 Å². The van der Waals surface area contributed by atoms with Crippen LogP contribution in [0.4, 0.5) is 5.13 Å². The average molecular weight is 296 g/mol. The molecular formula is C14H20N2O3S. The van der Waals surface area contributed by atoms with Gasteiger partial charge in [-0.2, -0.15) is 0 Å². The Hall–Kier alpha value is -1.14. The van der Waals surface area contributed by atoms with Gasteiger partial charge in [-0.3, -0.25) is 4.79 Å². The predicted octanol–water partition coefficient (Wildman–Crippen LogP) is 2.26. The molecule has 1 atom stereocenters. The van der Waals surface area contributed by atoms with Crippen molar-refractivity contribution in [3.05, 3.63) is 10.6 Å². The van der Waals surface area contributed by atoms with E-state index in [-0.39, 0.29) is 5.60 Å². The lowest BCUT2D eigenvalue weighted by molar-refractivity contribution is -0.139. The van der Waals surface area contributed by atoms with Gasteiger partial charge >= 0.3 is 5.97 Å². The summed E-state index contributed by atoms with van der Waals surface area (Å²) in [6.45, 7) is 6.48. The third kappa shape index (κ3) is 2.54. The lowest BCUT2D eigenvalue weighted by Crippen LogP contribution is -2.48. The molecule has 1 aliphatic carbocycles. The molecule has 1 N–H and O–H groups in total. The van der Waals surface area contributed by atoms with Gasteiger partial charge in [0.2, 0.25) is 0 Å². The fourth-order valence-corrected chi connectivity index (χ4v) is 4.15. The van der Waals surface area contributed by atoms with E-state index in [9.17, 15) is 9.90 Å². The summed E-state index contributed by atoms with van der Waals surface area (Å²) in [5.41, 5.74) is 0.629. The van der Waals surface area contributed by atoms with Crippen molar-refractivity contribution in [2.24, 2.45) is 0 Å². The summed E-state index contributed by atoms with van der Waals surface area (Å²) >= 11 is 1.66. The number of hydrogen-bond acceptors (Lipinski definition) is 5. The molecule has 1 unspecified atom stereocenters. The SMILES string of the molecule is CC1(C)CN(c2nc3c(s2)CCCC3C(=O)O)CCO1. The summed E-state index contributed by atoms with van der Waals surface area (Å²) in [5.74, 6) is -1.16. The van der Waals surface area contributed by atoms with Crippen LogP contribution < -0.4 is 4.90 Å². The zero-order chi connectivity index (χ0) is 14.3. The Bertz CT molecular complexity index is 526. The monoisotopic (exact) mass is 296 g/mol. The zero-order valence-corrected chi connectivity index (χ0v) is 12.7. The van der Waals surface area contributed by atoms with E-state index in [1.165, 1.54) is 0 Å². The number of aromatic nitrogens is 1. The minimum Gasteiger partial charge on any atom is -0.481 e. The Morgan fingerprint density at radius 1 is 1.55 bits per heavy atom. The standard InChI is InChI=1S/C14H20N2O3S/c1-14(2)8-16(6-7-19-14)13-15-11-9(12(17)18)4-3-5-10(11)20-13/h9H,3-8H2,1-2H3,(H,17,18). The van der Waals surface area contributed by atoms with Gasteiger partial charge in [0.05, 0.1) is 17.9 Å². The van der Waals surface area contributed by atoms with Crippen LogP contribution in [0.15, 0.2) is 0 Å². The van der Waals surface area contributed by atoms with Gasteiger partial charge in [-0.05, 0) is 33.1 Å². The number of carboxylic acids is 1. The molecule has 6 heteroatoms. The molecule has 0 aromatic carbocycles. The Kier molecular flexibility index (Phi) is 3.46. The first-order valence-electron chi connectivity index (χ1n) is 7.07.